The van der Waals surface area contributed by atoms with Gasteiger partial charge in [-0.05, 0) is 37.1 Å². The Morgan fingerprint density at radius 2 is 1.84 bits per heavy atom. The molecule has 38 heavy (non-hydrogen) atoms. The van der Waals surface area contributed by atoms with Gasteiger partial charge in [-0.1, -0.05) is 30.3 Å². The highest BCUT2D eigenvalue weighted by molar-refractivity contribution is 7.94. The van der Waals surface area contributed by atoms with E-state index in [0.29, 0.717) is 5.56 Å². The second-order valence-corrected chi connectivity index (χ2v) is 11.8. The van der Waals surface area contributed by atoms with Crippen LogP contribution in [0.2, 0.25) is 0 Å². The number of phenols is 2. The highest BCUT2D eigenvalue weighted by Gasteiger charge is 2.69. The molecule has 2 fully saturated rings. The number of ketones is 1. The first-order valence-electron chi connectivity index (χ1n) is 11.5. The monoisotopic (exact) mass is 543 g/mol. The number of amides is 2. The van der Waals surface area contributed by atoms with Gasteiger partial charge in [0.05, 0.1) is 19.0 Å². The SMILES string of the molecule is C[C@]1(C=NCC(=O)[C@H](Cc2ccccc2)NC(=O)c2ccc(O)c(O)c2)[C@H](C(=O)O)N2C(=O)C[C@H]2S1(=O)=O. The smallest absolute Gasteiger partial charge is 0.328 e. The lowest BCUT2D eigenvalue weighted by Crippen LogP contribution is -2.57. The lowest BCUT2D eigenvalue weighted by molar-refractivity contribution is -0.156. The van der Waals surface area contributed by atoms with Gasteiger partial charge < -0.3 is 25.5 Å². The summed E-state index contributed by atoms with van der Waals surface area (Å²) in [5.74, 6) is -4.34. The molecule has 0 bridgehead atoms. The average molecular weight is 544 g/mol. The molecule has 0 unspecified atom stereocenters. The van der Waals surface area contributed by atoms with Crippen LogP contribution in [0.1, 0.15) is 29.3 Å². The molecule has 2 amide bonds. The molecule has 13 heteroatoms. The maximum atomic E-state index is 13.1. The minimum Gasteiger partial charge on any atom is -0.504 e. The summed E-state index contributed by atoms with van der Waals surface area (Å²) in [5.41, 5.74) is 0.695. The first kappa shape index (κ1) is 26.8. The Balaban J connectivity index is 1.56. The standard InChI is InChI=1S/C25H25N3O9S/c1-25(22(24(34)35)28-20(32)11-21(28)38(25,36)37)13-26-12-19(31)16(9-14-5-3-2-4-6-14)27-23(33)15-7-8-17(29)18(30)10-15/h2-8,10,13,16,21-22,29-30H,9,11-12H2,1H3,(H,27,33)(H,34,35)/t16-,21+,22-,25-/m0/s1. The molecule has 12 nitrogen and oxygen atoms in total. The number of aliphatic carboxylic acids is 1. The predicted molar refractivity (Wildman–Crippen MR) is 134 cm³/mol. The highest BCUT2D eigenvalue weighted by Crippen LogP contribution is 2.45. The molecule has 4 atom stereocenters. The van der Waals surface area contributed by atoms with E-state index in [2.05, 4.69) is 10.3 Å². The summed E-state index contributed by atoms with van der Waals surface area (Å²) in [6.07, 6.45) is 0.652. The van der Waals surface area contributed by atoms with E-state index >= 15 is 0 Å². The fourth-order valence-electron chi connectivity index (χ4n) is 4.63. The van der Waals surface area contributed by atoms with Crippen LogP contribution in [0.15, 0.2) is 53.5 Å². The Bertz CT molecular complexity index is 1440. The minimum atomic E-state index is -4.13. The van der Waals surface area contributed by atoms with Gasteiger partial charge >= 0.3 is 5.97 Å². The number of sulfone groups is 1. The zero-order valence-electron chi connectivity index (χ0n) is 20.1. The number of carbonyl (C=O) groups is 4. The molecule has 2 heterocycles. The molecule has 2 aromatic carbocycles. The molecule has 2 saturated heterocycles. The van der Waals surface area contributed by atoms with Crippen molar-refractivity contribution in [1.82, 2.24) is 10.2 Å². The molecule has 0 saturated carbocycles. The van der Waals surface area contributed by atoms with Gasteiger partial charge in [0, 0.05) is 11.8 Å². The maximum Gasteiger partial charge on any atom is 0.328 e. The van der Waals surface area contributed by atoms with Crippen LogP contribution in [-0.4, -0.2) is 87.2 Å². The third kappa shape index (κ3) is 4.60. The number of hydrogen-bond acceptors (Lipinski definition) is 9. The number of nitrogens with one attached hydrogen (secondary N) is 1. The fourth-order valence-corrected chi connectivity index (χ4v) is 6.87. The van der Waals surface area contributed by atoms with Gasteiger partial charge in [-0.3, -0.25) is 19.4 Å². The summed E-state index contributed by atoms with van der Waals surface area (Å²) in [4.78, 5) is 54.5. The Morgan fingerprint density at radius 1 is 1.16 bits per heavy atom. The number of carboxylic acids is 1. The quantitative estimate of drug-likeness (QED) is 0.195. The van der Waals surface area contributed by atoms with E-state index < -0.39 is 73.7 Å². The average Bonchev–Trinajstić information content (AvgIpc) is 3.00. The lowest BCUT2D eigenvalue weighted by Gasteiger charge is -2.35. The molecule has 2 aromatic rings. The van der Waals surface area contributed by atoms with Crippen molar-refractivity contribution in [2.24, 2.45) is 4.99 Å². The molecule has 4 N–H and O–H groups in total. The Morgan fingerprint density at radius 3 is 2.45 bits per heavy atom. The molecule has 0 spiro atoms. The predicted octanol–water partition coefficient (Wildman–Crippen LogP) is 0.278. The topological polar surface area (TPSA) is 191 Å². The number of aliphatic imine (C=N–C) groups is 1. The van der Waals surface area contributed by atoms with Crippen LogP contribution in [0.3, 0.4) is 0 Å². The third-order valence-corrected chi connectivity index (χ3v) is 9.45. The number of aromatic hydroxyl groups is 2. The zero-order valence-corrected chi connectivity index (χ0v) is 21.0. The lowest BCUT2D eigenvalue weighted by atomic mass is 9.97. The molecular weight excluding hydrogens is 518 g/mol. The Kier molecular flexibility index (Phi) is 6.98. The number of nitrogens with zero attached hydrogens (tertiary/aromatic N) is 2. The Hall–Kier alpha value is -4.26. The van der Waals surface area contributed by atoms with Crippen molar-refractivity contribution in [1.29, 1.82) is 0 Å². The van der Waals surface area contributed by atoms with Crippen LogP contribution in [-0.2, 0) is 30.6 Å². The number of rotatable bonds is 9. The van der Waals surface area contributed by atoms with Gasteiger partial charge in [0.25, 0.3) is 5.91 Å². The number of fused-ring (bicyclic) bond motifs is 1. The molecule has 0 aliphatic carbocycles. The number of benzene rings is 2. The van der Waals surface area contributed by atoms with Crippen molar-refractivity contribution in [2.45, 2.75) is 42.0 Å². The number of β-lactam (4-membered cyclic amide) rings is 1. The molecule has 2 aliphatic heterocycles. The summed E-state index contributed by atoms with van der Waals surface area (Å²) in [7, 11) is -4.13. The van der Waals surface area contributed by atoms with E-state index in [4.69, 9.17) is 0 Å². The van der Waals surface area contributed by atoms with Crippen molar-refractivity contribution in [2.75, 3.05) is 6.54 Å². The molecule has 0 aromatic heterocycles. The third-order valence-electron chi connectivity index (χ3n) is 6.78. The number of phenolic OH excluding ortho intramolecular Hbond substituents is 2. The van der Waals surface area contributed by atoms with E-state index in [-0.39, 0.29) is 18.4 Å². The second-order valence-electron chi connectivity index (χ2n) is 9.28. The summed E-state index contributed by atoms with van der Waals surface area (Å²) < 4.78 is 24.0. The number of hydrogen-bond donors (Lipinski definition) is 4. The zero-order chi connectivity index (χ0) is 27.8. The van der Waals surface area contributed by atoms with E-state index in [1.165, 1.54) is 6.07 Å². The summed E-state index contributed by atoms with van der Waals surface area (Å²) in [6.45, 7) is 0.579. The van der Waals surface area contributed by atoms with Crippen molar-refractivity contribution >= 4 is 39.6 Å². The summed E-state index contributed by atoms with van der Waals surface area (Å²) >= 11 is 0. The molecule has 2 aliphatic rings. The van der Waals surface area contributed by atoms with Crippen LogP contribution in [0, 0.1) is 0 Å². The number of Topliss-reactive ketones (excluding diaryl/α,β-unsaturated/α-hetero) is 1. The first-order chi connectivity index (χ1) is 17.9. The van der Waals surface area contributed by atoms with Crippen LogP contribution in [0.25, 0.3) is 0 Å². The van der Waals surface area contributed by atoms with E-state index in [1.807, 2.05) is 0 Å². The van der Waals surface area contributed by atoms with Gasteiger partial charge in [-0.25, -0.2) is 13.2 Å². The number of carboxylic acid groups (broad SMARTS) is 1. The van der Waals surface area contributed by atoms with E-state index in [0.717, 1.165) is 30.2 Å². The van der Waals surface area contributed by atoms with Gasteiger partial charge in [-0.15, -0.1) is 0 Å². The molecule has 200 valence electrons. The van der Waals surface area contributed by atoms with Crippen LogP contribution in [0.5, 0.6) is 11.5 Å². The van der Waals surface area contributed by atoms with Gasteiger partial charge in [0.2, 0.25) is 5.91 Å². The second kappa shape index (κ2) is 9.89. The van der Waals surface area contributed by atoms with Crippen molar-refractivity contribution < 1.29 is 42.9 Å². The van der Waals surface area contributed by atoms with Crippen LogP contribution in [0.4, 0.5) is 0 Å². The first-order valence-corrected chi connectivity index (χ1v) is 13.1. The summed E-state index contributed by atoms with van der Waals surface area (Å²) in [6, 6.07) is 9.39. The van der Waals surface area contributed by atoms with Crippen molar-refractivity contribution in [3.63, 3.8) is 0 Å². The van der Waals surface area contributed by atoms with Gasteiger partial charge in [0.1, 0.15) is 10.1 Å². The largest absolute Gasteiger partial charge is 0.504 e. The fraction of sp³-hybridized carbons (Fsp3) is 0.320. The van der Waals surface area contributed by atoms with Gasteiger partial charge in [-0.2, -0.15) is 0 Å². The normalized spacial score (nSPS) is 24.4. The molecular formula is C25H25N3O9S. The number of carbonyl (C=O) groups excluding carboxylic acids is 3. The summed E-state index contributed by atoms with van der Waals surface area (Å²) in [5, 5.41) is 30.2. The maximum absolute atomic E-state index is 13.1. The minimum absolute atomic E-state index is 0.0160. The van der Waals surface area contributed by atoms with Crippen molar-refractivity contribution in [3.8, 4) is 11.5 Å². The van der Waals surface area contributed by atoms with Gasteiger partial charge in [0.15, 0.2) is 33.2 Å². The highest BCUT2D eigenvalue weighted by atomic mass is 32.2. The molecule has 4 rings (SSSR count). The van der Waals surface area contributed by atoms with Crippen molar-refractivity contribution in [3.05, 3.63) is 59.7 Å². The van der Waals surface area contributed by atoms with Crippen LogP contribution >= 0.6 is 0 Å². The van der Waals surface area contributed by atoms with E-state index in [1.54, 1.807) is 30.3 Å². The molecule has 0 radical (unpaired) electrons. The van der Waals surface area contributed by atoms with Crippen LogP contribution < -0.4 is 5.32 Å². The van der Waals surface area contributed by atoms with E-state index in [9.17, 15) is 42.9 Å². The Labute approximate surface area is 217 Å².